The van der Waals surface area contributed by atoms with E-state index in [0.717, 1.165) is 109 Å². The molecule has 0 saturated heterocycles. The Labute approximate surface area is 612 Å². The Balaban J connectivity index is 3.82. The summed E-state index contributed by atoms with van der Waals surface area (Å²) >= 11 is 0. The van der Waals surface area contributed by atoms with Crippen LogP contribution in [0.2, 0.25) is 0 Å². The Morgan fingerprint density at radius 3 is 0.828 bits per heavy atom. The largest absolute Gasteiger partial charge is 0.472 e. The van der Waals surface area contributed by atoms with Gasteiger partial charge in [-0.3, -0.25) is 18.6 Å². The predicted molar refractivity (Wildman–Crippen MR) is 431 cm³/mol. The Hall–Kier alpha value is -3.85. The summed E-state index contributed by atoms with van der Waals surface area (Å²) in [7, 11) is -4.40. The van der Waals surface area contributed by atoms with Crippen LogP contribution in [0.4, 0.5) is 0 Å². The van der Waals surface area contributed by atoms with Gasteiger partial charge in [-0.15, -0.1) is 0 Å². The minimum absolute atomic E-state index is 0.0496. The van der Waals surface area contributed by atoms with Gasteiger partial charge in [-0.05, 0) is 116 Å². The smallest absolute Gasteiger partial charge is 0.462 e. The molecule has 0 bridgehead atoms. The standard InChI is InChI=1S/C89H156NO8P/c1-3-5-7-9-11-13-15-17-19-21-23-25-27-29-31-33-35-37-39-41-43-45-47-49-51-53-55-57-59-61-63-65-67-69-71-73-75-77-79-81-88(91)95-85-87(86-97-99(93,94)96-84-83-90)98-89(92)82-80-78-76-74-72-70-68-66-64-62-60-58-56-54-52-50-48-46-44-42-40-38-36-34-32-30-28-26-24-22-20-18-16-14-12-10-8-6-4-2/h6,8,12,14-15,17-18,20-21,23-24,26,30,32,36,38,42,44,48,50,54,56,87H,3-5,7,9-11,13,16,19,22,25,27-29,31,33-35,37,39-41,43,45-47,49,51-53,55,57-86,90H2,1-2H3,(H,93,94)/b8-6-,14-12-,17-15-,20-18-,23-21-,26-24-,32-30-,38-36-,44-42-,50-48-,56-54-. The van der Waals surface area contributed by atoms with Gasteiger partial charge in [0.25, 0.3) is 0 Å². The van der Waals surface area contributed by atoms with Crippen molar-refractivity contribution in [2.24, 2.45) is 5.73 Å². The number of hydrogen-bond donors (Lipinski definition) is 2. The number of unbranched alkanes of at least 4 members (excludes halogenated alkanes) is 43. The van der Waals surface area contributed by atoms with Crippen molar-refractivity contribution in [2.75, 3.05) is 26.4 Å². The average Bonchev–Trinajstić information content (AvgIpc) is 1.35. The van der Waals surface area contributed by atoms with Crippen LogP contribution in [0.3, 0.4) is 0 Å². The maximum Gasteiger partial charge on any atom is 0.472 e. The summed E-state index contributed by atoms with van der Waals surface area (Å²) in [5.41, 5.74) is 5.42. The molecule has 0 rings (SSSR count). The van der Waals surface area contributed by atoms with Gasteiger partial charge in [-0.1, -0.05) is 392 Å². The van der Waals surface area contributed by atoms with Crippen LogP contribution in [0.5, 0.6) is 0 Å². The first-order valence-corrected chi connectivity index (χ1v) is 43.2. The maximum atomic E-state index is 12.8. The monoisotopic (exact) mass is 1400 g/mol. The first-order chi connectivity index (χ1) is 48.8. The topological polar surface area (TPSA) is 134 Å². The van der Waals surface area contributed by atoms with E-state index in [1.807, 2.05) is 0 Å². The van der Waals surface area contributed by atoms with Crippen molar-refractivity contribution in [3.63, 3.8) is 0 Å². The minimum atomic E-state index is -4.40. The maximum absolute atomic E-state index is 12.8. The van der Waals surface area contributed by atoms with Crippen molar-refractivity contribution < 1.29 is 37.6 Å². The Kier molecular flexibility index (Phi) is 79.9. The molecule has 0 heterocycles. The van der Waals surface area contributed by atoms with Gasteiger partial charge in [-0.2, -0.15) is 0 Å². The molecule has 0 aliphatic heterocycles. The van der Waals surface area contributed by atoms with E-state index >= 15 is 0 Å². The van der Waals surface area contributed by atoms with Crippen molar-refractivity contribution in [3.05, 3.63) is 134 Å². The summed E-state index contributed by atoms with van der Waals surface area (Å²) in [6, 6.07) is 0. The summed E-state index contributed by atoms with van der Waals surface area (Å²) < 4.78 is 33.3. The van der Waals surface area contributed by atoms with Gasteiger partial charge < -0.3 is 20.1 Å². The van der Waals surface area contributed by atoms with E-state index in [1.165, 1.54) is 244 Å². The van der Waals surface area contributed by atoms with E-state index in [1.54, 1.807) is 0 Å². The van der Waals surface area contributed by atoms with E-state index in [9.17, 15) is 19.0 Å². The van der Waals surface area contributed by atoms with Gasteiger partial charge >= 0.3 is 19.8 Å². The highest BCUT2D eigenvalue weighted by molar-refractivity contribution is 7.47. The fourth-order valence-corrected chi connectivity index (χ4v) is 12.7. The number of nitrogens with two attached hydrogens (primary N) is 1. The van der Waals surface area contributed by atoms with Crippen molar-refractivity contribution in [3.8, 4) is 0 Å². The number of carbonyl (C=O) groups excluding carboxylic acids is 2. The van der Waals surface area contributed by atoms with E-state index in [4.69, 9.17) is 24.3 Å². The molecule has 0 aromatic rings. The molecule has 0 radical (unpaired) electrons. The summed E-state index contributed by atoms with van der Waals surface area (Å²) in [5, 5.41) is 0. The van der Waals surface area contributed by atoms with Gasteiger partial charge in [0.1, 0.15) is 6.61 Å². The second-order valence-electron chi connectivity index (χ2n) is 27.6. The summed E-state index contributed by atoms with van der Waals surface area (Å²) in [4.78, 5) is 35.5. The van der Waals surface area contributed by atoms with Crippen LogP contribution in [0.25, 0.3) is 0 Å². The van der Waals surface area contributed by atoms with Crippen molar-refractivity contribution >= 4 is 19.8 Å². The van der Waals surface area contributed by atoms with Crippen LogP contribution >= 0.6 is 7.82 Å². The number of phosphoric ester groups is 1. The molecular formula is C89H156NO8P. The van der Waals surface area contributed by atoms with Gasteiger partial charge in [0.15, 0.2) is 6.10 Å². The van der Waals surface area contributed by atoms with Gasteiger partial charge in [0, 0.05) is 19.4 Å². The second kappa shape index (κ2) is 83.1. The molecule has 0 fully saturated rings. The third-order valence-corrected chi connectivity index (χ3v) is 19.0. The highest BCUT2D eigenvalue weighted by Crippen LogP contribution is 2.43. The lowest BCUT2D eigenvalue weighted by Crippen LogP contribution is -2.29. The number of hydrogen-bond acceptors (Lipinski definition) is 8. The molecule has 0 aliphatic carbocycles. The molecule has 0 aliphatic rings. The fourth-order valence-electron chi connectivity index (χ4n) is 11.9. The molecule has 0 saturated carbocycles. The number of esters is 2. The van der Waals surface area contributed by atoms with E-state index in [-0.39, 0.29) is 38.6 Å². The van der Waals surface area contributed by atoms with Crippen LogP contribution in [0.15, 0.2) is 134 Å². The molecular weight excluding hydrogens is 1240 g/mol. The SMILES string of the molecule is CC/C=C\C/C=C\C/C=C\C/C=C\C/C=C\C/C=C\C/C=C\C/C=C\C/C=C\CCCCCCCCCCCCCC(=O)OC(COC(=O)CCCCCCCCCCCCCCCCCCCCCCCCCCCCC/C=C\C/C=C\CCCCCCC)COP(=O)(O)OCCN. The zero-order chi connectivity index (χ0) is 71.5. The van der Waals surface area contributed by atoms with Crippen LogP contribution in [0.1, 0.15) is 386 Å². The normalized spacial score (nSPS) is 13.5. The van der Waals surface area contributed by atoms with Gasteiger partial charge in [0.05, 0.1) is 13.2 Å². The van der Waals surface area contributed by atoms with Crippen LogP contribution in [-0.4, -0.2) is 49.3 Å². The zero-order valence-electron chi connectivity index (χ0n) is 64.4. The summed E-state index contributed by atoms with van der Waals surface area (Å²) in [6.07, 6.45) is 119. The minimum Gasteiger partial charge on any atom is -0.462 e. The third-order valence-electron chi connectivity index (χ3n) is 18.0. The number of carbonyl (C=O) groups is 2. The highest BCUT2D eigenvalue weighted by Gasteiger charge is 2.26. The summed E-state index contributed by atoms with van der Waals surface area (Å²) in [6.45, 7) is 3.66. The van der Waals surface area contributed by atoms with Crippen molar-refractivity contribution in [2.45, 2.75) is 392 Å². The fraction of sp³-hybridized carbons (Fsp3) is 0.730. The highest BCUT2D eigenvalue weighted by atomic mass is 31.2. The van der Waals surface area contributed by atoms with Crippen molar-refractivity contribution in [1.29, 1.82) is 0 Å². The Morgan fingerprint density at radius 1 is 0.313 bits per heavy atom. The molecule has 570 valence electrons. The zero-order valence-corrected chi connectivity index (χ0v) is 65.3. The number of phosphoric acid groups is 1. The number of allylic oxidation sites excluding steroid dienone is 22. The average molecular weight is 1400 g/mol. The van der Waals surface area contributed by atoms with E-state index in [0.29, 0.717) is 6.42 Å². The Morgan fingerprint density at radius 2 is 0.556 bits per heavy atom. The lowest BCUT2D eigenvalue weighted by molar-refractivity contribution is -0.161. The molecule has 0 amide bonds. The van der Waals surface area contributed by atoms with Crippen molar-refractivity contribution in [1.82, 2.24) is 0 Å². The van der Waals surface area contributed by atoms with Crippen LogP contribution in [-0.2, 0) is 32.7 Å². The molecule has 0 aromatic heterocycles. The lowest BCUT2D eigenvalue weighted by Gasteiger charge is -2.19. The van der Waals surface area contributed by atoms with Gasteiger partial charge in [-0.25, -0.2) is 4.57 Å². The van der Waals surface area contributed by atoms with E-state index < -0.39 is 26.5 Å². The quantitative estimate of drug-likeness (QED) is 0.0264. The third kappa shape index (κ3) is 83.0. The molecule has 9 nitrogen and oxygen atoms in total. The predicted octanol–water partition coefficient (Wildman–Crippen LogP) is 28.3. The first kappa shape index (κ1) is 95.2. The molecule has 99 heavy (non-hydrogen) atoms. The van der Waals surface area contributed by atoms with Gasteiger partial charge in [0.2, 0.25) is 0 Å². The second-order valence-corrected chi connectivity index (χ2v) is 29.1. The van der Waals surface area contributed by atoms with E-state index in [2.05, 4.69) is 148 Å². The molecule has 3 N–H and O–H groups in total. The molecule has 0 spiro atoms. The van der Waals surface area contributed by atoms with Crippen LogP contribution < -0.4 is 5.73 Å². The molecule has 10 heteroatoms. The number of ether oxygens (including phenoxy) is 2. The summed E-state index contributed by atoms with van der Waals surface area (Å²) in [5.74, 6) is -0.821. The number of rotatable bonds is 78. The molecule has 2 unspecified atom stereocenters. The lowest BCUT2D eigenvalue weighted by atomic mass is 10.0. The van der Waals surface area contributed by atoms with Crippen LogP contribution in [0, 0.1) is 0 Å². The molecule has 2 atom stereocenters. The first-order valence-electron chi connectivity index (χ1n) is 41.7. The molecule has 0 aromatic carbocycles. The Bertz CT molecular complexity index is 2100.